The quantitative estimate of drug-likeness (QED) is 0.702. The average molecular weight is 421 g/mol. The largest absolute Gasteiger partial charge is 0.326 e. The Morgan fingerprint density at radius 3 is 2.32 bits per heavy atom. The molecule has 0 bridgehead atoms. The van der Waals surface area contributed by atoms with E-state index in [1.807, 2.05) is 6.07 Å². The summed E-state index contributed by atoms with van der Waals surface area (Å²) in [7, 11) is 0. The Labute approximate surface area is 182 Å². The van der Waals surface area contributed by atoms with E-state index in [0.717, 1.165) is 32.5 Å². The van der Waals surface area contributed by atoms with Gasteiger partial charge in [0.25, 0.3) is 5.91 Å². The molecular weight excluding hydrogens is 392 g/mol. The van der Waals surface area contributed by atoms with Crippen LogP contribution in [-0.2, 0) is 20.9 Å². The van der Waals surface area contributed by atoms with E-state index in [2.05, 4.69) is 39.8 Å². The lowest BCUT2D eigenvalue weighted by molar-refractivity contribution is -0.122. The van der Waals surface area contributed by atoms with Gasteiger partial charge in [0.2, 0.25) is 11.8 Å². The lowest BCUT2D eigenvalue weighted by atomic mass is 10.0. The number of imide groups is 1. The van der Waals surface area contributed by atoms with E-state index in [1.165, 1.54) is 17.4 Å². The highest BCUT2D eigenvalue weighted by molar-refractivity contribution is 6.22. The number of carbonyl (C=O) groups is 3. The van der Waals surface area contributed by atoms with Crippen molar-refractivity contribution < 1.29 is 14.4 Å². The minimum Gasteiger partial charge on any atom is -0.326 e. The summed E-state index contributed by atoms with van der Waals surface area (Å²) in [4.78, 5) is 40.3. The van der Waals surface area contributed by atoms with Gasteiger partial charge >= 0.3 is 0 Å². The predicted molar refractivity (Wildman–Crippen MR) is 120 cm³/mol. The molecule has 2 aliphatic heterocycles. The molecule has 0 radical (unpaired) electrons. The molecular formula is C24H28N4O3. The highest BCUT2D eigenvalue weighted by atomic mass is 16.2. The van der Waals surface area contributed by atoms with Gasteiger partial charge in [0.1, 0.15) is 0 Å². The fraction of sp³-hybridized carbons (Fsp3) is 0.375. The minimum atomic E-state index is -0.479. The second kappa shape index (κ2) is 9.41. The molecule has 162 valence electrons. The Hall–Kier alpha value is -3.03. The van der Waals surface area contributed by atoms with Crippen LogP contribution in [0.5, 0.6) is 0 Å². The molecule has 2 N–H and O–H groups in total. The number of benzene rings is 2. The standard InChI is InChI=1S/C24H28N4O3/c1-17(29)25-19-7-9-21(10-8-19)28-23(30)15-22(24(28)31)26-20-11-13-27(14-12-20)16-18-5-3-2-4-6-18/h2-10,20,22,26H,11-16H2,1H3,(H,25,29)/t22-/m0/s1. The van der Waals surface area contributed by atoms with E-state index in [-0.39, 0.29) is 30.2 Å². The number of nitrogens with zero attached hydrogens (tertiary/aromatic N) is 2. The first-order chi connectivity index (χ1) is 15.0. The number of nitrogens with one attached hydrogen (secondary N) is 2. The monoisotopic (exact) mass is 420 g/mol. The Kier molecular flexibility index (Phi) is 6.44. The average Bonchev–Trinajstić information content (AvgIpc) is 3.03. The summed E-state index contributed by atoms with van der Waals surface area (Å²) in [5.74, 6) is -0.569. The summed E-state index contributed by atoms with van der Waals surface area (Å²) in [6, 6.07) is 17.0. The fourth-order valence-electron chi connectivity index (χ4n) is 4.31. The fourth-order valence-corrected chi connectivity index (χ4v) is 4.31. The molecule has 2 saturated heterocycles. The molecule has 0 aromatic heterocycles. The van der Waals surface area contributed by atoms with E-state index in [9.17, 15) is 14.4 Å². The van der Waals surface area contributed by atoms with Gasteiger partial charge in [-0.15, -0.1) is 0 Å². The van der Waals surface area contributed by atoms with Crippen LogP contribution in [-0.4, -0.2) is 47.8 Å². The van der Waals surface area contributed by atoms with E-state index >= 15 is 0 Å². The molecule has 7 heteroatoms. The SMILES string of the molecule is CC(=O)Nc1ccc(N2C(=O)C[C@H](NC3CCN(Cc4ccccc4)CC3)C2=O)cc1. The van der Waals surface area contributed by atoms with Crippen molar-refractivity contribution in [2.24, 2.45) is 0 Å². The molecule has 3 amide bonds. The minimum absolute atomic E-state index is 0.167. The normalized spacial score (nSPS) is 20.3. The maximum atomic E-state index is 12.9. The second-order valence-electron chi connectivity index (χ2n) is 8.25. The molecule has 2 aromatic carbocycles. The number of amides is 3. The highest BCUT2D eigenvalue weighted by Crippen LogP contribution is 2.25. The molecule has 2 aromatic rings. The molecule has 1 atom stereocenters. The summed E-state index contributed by atoms with van der Waals surface area (Å²) in [6.45, 7) is 4.31. The van der Waals surface area contributed by atoms with Crippen molar-refractivity contribution in [2.75, 3.05) is 23.3 Å². The first kappa shape index (κ1) is 21.2. The Morgan fingerprint density at radius 1 is 1.00 bits per heavy atom. The molecule has 0 saturated carbocycles. The van der Waals surface area contributed by atoms with E-state index in [0.29, 0.717) is 11.4 Å². The number of rotatable bonds is 6. The third-order valence-electron chi connectivity index (χ3n) is 5.87. The summed E-state index contributed by atoms with van der Waals surface area (Å²) in [5.41, 5.74) is 2.48. The van der Waals surface area contributed by atoms with Crippen molar-refractivity contribution in [3.05, 3.63) is 60.2 Å². The lowest BCUT2D eigenvalue weighted by Crippen LogP contribution is -2.48. The van der Waals surface area contributed by atoms with E-state index in [4.69, 9.17) is 0 Å². The predicted octanol–water partition coefficient (Wildman–Crippen LogP) is 2.53. The number of piperidine rings is 1. The Balaban J connectivity index is 1.31. The van der Waals surface area contributed by atoms with Gasteiger partial charge in [-0.2, -0.15) is 0 Å². The first-order valence-electron chi connectivity index (χ1n) is 10.8. The van der Waals surface area contributed by atoms with Gasteiger partial charge in [0, 0.05) is 25.2 Å². The maximum absolute atomic E-state index is 12.9. The van der Waals surface area contributed by atoms with Gasteiger partial charge in [0.05, 0.1) is 18.2 Å². The molecule has 2 fully saturated rings. The van der Waals surface area contributed by atoms with Gasteiger partial charge < -0.3 is 10.6 Å². The van der Waals surface area contributed by atoms with Gasteiger partial charge in [-0.05, 0) is 55.8 Å². The van der Waals surface area contributed by atoms with Gasteiger partial charge in [0.15, 0.2) is 0 Å². The van der Waals surface area contributed by atoms with Crippen LogP contribution in [0, 0.1) is 0 Å². The highest BCUT2D eigenvalue weighted by Gasteiger charge is 2.40. The van der Waals surface area contributed by atoms with Crippen molar-refractivity contribution in [2.45, 2.75) is 44.8 Å². The Bertz CT molecular complexity index is 937. The molecule has 0 aliphatic carbocycles. The third kappa shape index (κ3) is 5.18. The zero-order valence-electron chi connectivity index (χ0n) is 17.7. The third-order valence-corrected chi connectivity index (χ3v) is 5.87. The second-order valence-corrected chi connectivity index (χ2v) is 8.25. The summed E-state index contributed by atoms with van der Waals surface area (Å²) < 4.78 is 0. The molecule has 2 heterocycles. The summed E-state index contributed by atoms with van der Waals surface area (Å²) in [6.07, 6.45) is 2.09. The summed E-state index contributed by atoms with van der Waals surface area (Å²) >= 11 is 0. The molecule has 2 aliphatic rings. The molecule has 0 spiro atoms. The van der Waals surface area contributed by atoms with Crippen LogP contribution < -0.4 is 15.5 Å². The van der Waals surface area contributed by atoms with Crippen LogP contribution in [0.2, 0.25) is 0 Å². The zero-order valence-corrected chi connectivity index (χ0v) is 17.7. The first-order valence-corrected chi connectivity index (χ1v) is 10.8. The van der Waals surface area contributed by atoms with Crippen molar-refractivity contribution in [3.63, 3.8) is 0 Å². The molecule has 7 nitrogen and oxygen atoms in total. The summed E-state index contributed by atoms with van der Waals surface area (Å²) in [5, 5.41) is 6.11. The molecule has 31 heavy (non-hydrogen) atoms. The number of hydrogen-bond acceptors (Lipinski definition) is 5. The molecule has 4 rings (SSSR count). The van der Waals surface area contributed by atoms with Crippen molar-refractivity contribution in [1.82, 2.24) is 10.2 Å². The maximum Gasteiger partial charge on any atom is 0.251 e. The van der Waals surface area contributed by atoms with Gasteiger partial charge in [-0.3, -0.25) is 19.3 Å². The smallest absolute Gasteiger partial charge is 0.251 e. The van der Waals surface area contributed by atoms with Gasteiger partial charge in [-0.25, -0.2) is 4.90 Å². The number of anilines is 2. The van der Waals surface area contributed by atoms with Crippen molar-refractivity contribution in [1.29, 1.82) is 0 Å². The zero-order chi connectivity index (χ0) is 21.8. The van der Waals surface area contributed by atoms with Crippen LogP contribution >= 0.6 is 0 Å². The van der Waals surface area contributed by atoms with E-state index < -0.39 is 6.04 Å². The van der Waals surface area contributed by atoms with Crippen LogP contribution in [0.4, 0.5) is 11.4 Å². The number of hydrogen-bond donors (Lipinski definition) is 2. The van der Waals surface area contributed by atoms with Crippen molar-refractivity contribution in [3.8, 4) is 0 Å². The van der Waals surface area contributed by atoms with Crippen molar-refractivity contribution >= 4 is 29.1 Å². The van der Waals surface area contributed by atoms with E-state index in [1.54, 1.807) is 24.3 Å². The van der Waals surface area contributed by atoms with Crippen LogP contribution in [0.3, 0.4) is 0 Å². The topological polar surface area (TPSA) is 81.8 Å². The van der Waals surface area contributed by atoms with Crippen LogP contribution in [0.25, 0.3) is 0 Å². The number of likely N-dealkylation sites (tertiary alicyclic amines) is 1. The van der Waals surface area contributed by atoms with Crippen LogP contribution in [0.15, 0.2) is 54.6 Å². The Morgan fingerprint density at radius 2 is 1.68 bits per heavy atom. The van der Waals surface area contributed by atoms with Gasteiger partial charge in [-0.1, -0.05) is 30.3 Å². The molecule has 0 unspecified atom stereocenters. The number of carbonyl (C=O) groups excluding carboxylic acids is 3. The lowest BCUT2D eigenvalue weighted by Gasteiger charge is -2.33. The van der Waals surface area contributed by atoms with Crippen LogP contribution in [0.1, 0.15) is 31.7 Å².